The maximum absolute atomic E-state index is 14.0. The molecule has 2 saturated heterocycles. The average Bonchev–Trinajstić information content (AvgIpc) is 1.76. The first kappa shape index (κ1) is 97.7. The van der Waals surface area contributed by atoms with E-state index in [4.69, 9.17) is 103 Å². The second-order valence-corrected chi connectivity index (χ2v) is 33.4. The van der Waals surface area contributed by atoms with Crippen molar-refractivity contribution in [3.8, 4) is 143 Å². The molecule has 0 atom stereocenters. The van der Waals surface area contributed by atoms with Gasteiger partial charge < -0.3 is 108 Å². The molecule has 135 heavy (non-hydrogen) atoms. The zero-order valence-electron chi connectivity index (χ0n) is 76.3. The summed E-state index contributed by atoms with van der Waals surface area (Å²) in [5.74, 6) is 7.30. The SMILES string of the molecule is C=c1[nH]c(=O)s/c1=C(/C)c1cccc(OCCOc2c(-c3ccc(OC)c(OC)c3)oc3cc(OC)cc(OC)c3c2=O)c1.COc1cc(OC)c2c(=O)c(OCCOc3c(OC)cc(/C=C4\SC(=O)CC4=O)cc3OC)c(-c3ccc(OC)c(OC)c3)oc2c1.COc1cc(OC)c2c(=O)c(OCCSc3ccc(/C(C)=C4\SC(=O)CC4=O)cc3)c(-c3ccc(OC)c(OC)c3)oc2c1. The van der Waals surface area contributed by atoms with Gasteiger partial charge in [0.15, 0.2) is 74.8 Å². The quantitative estimate of drug-likeness (QED) is 0.0167. The van der Waals surface area contributed by atoms with Gasteiger partial charge in [-0.25, -0.2) is 0 Å². The van der Waals surface area contributed by atoms with Crippen molar-refractivity contribution >= 4 is 125 Å². The van der Waals surface area contributed by atoms with Crippen LogP contribution in [-0.2, 0) is 19.2 Å². The Labute approximate surface area is 789 Å². The van der Waals surface area contributed by atoms with E-state index in [0.717, 1.165) is 66.6 Å². The van der Waals surface area contributed by atoms with Crippen LogP contribution in [0.4, 0.5) is 0 Å². The molecule has 2 fully saturated rings. The number of methoxy groups -OCH3 is 14. The second-order valence-electron chi connectivity index (χ2n) is 29.0. The number of benzene rings is 9. The highest BCUT2D eigenvalue weighted by Crippen LogP contribution is 2.47. The number of thiazole rings is 1. The number of fused-ring (bicyclic) bond motifs is 3. The van der Waals surface area contributed by atoms with Gasteiger partial charge in [-0.05, 0) is 162 Å². The first-order chi connectivity index (χ1) is 65.3. The summed E-state index contributed by atoms with van der Waals surface area (Å²) in [6, 6.07) is 43.7. The van der Waals surface area contributed by atoms with Crippen molar-refractivity contribution in [3.05, 3.63) is 228 Å². The fraction of sp³-hybridized carbons (Fsp3) is 0.240. The smallest absolute Gasteiger partial charge is 0.305 e. The molecule has 35 heteroatoms. The molecule has 2 aliphatic rings. The summed E-state index contributed by atoms with van der Waals surface area (Å²) < 4.78 is 126. The Kier molecular flexibility index (Phi) is 32.3. The van der Waals surface area contributed by atoms with Crippen molar-refractivity contribution < 1.29 is 122 Å². The summed E-state index contributed by atoms with van der Waals surface area (Å²) in [5, 5.41) is 0.872. The third-order valence-corrected chi connectivity index (χ3v) is 25.1. The molecule has 2 aliphatic heterocycles. The van der Waals surface area contributed by atoms with E-state index in [1.807, 2.05) is 62.4 Å². The van der Waals surface area contributed by atoms with E-state index >= 15 is 0 Å². The van der Waals surface area contributed by atoms with Crippen molar-refractivity contribution in [1.82, 2.24) is 4.98 Å². The number of hydrogen-bond acceptors (Lipinski definition) is 34. The minimum absolute atomic E-state index is 0.0138. The molecule has 0 bridgehead atoms. The molecular formula is C100H93NO30S4. The first-order valence-electron chi connectivity index (χ1n) is 41.2. The highest BCUT2D eigenvalue weighted by molar-refractivity contribution is 8.19. The van der Waals surface area contributed by atoms with Gasteiger partial charge in [0, 0.05) is 63.7 Å². The molecule has 13 aromatic rings. The Morgan fingerprint density at radius 3 is 1.16 bits per heavy atom. The van der Waals surface area contributed by atoms with E-state index in [-0.39, 0.29) is 163 Å². The molecule has 0 spiro atoms. The van der Waals surface area contributed by atoms with Crippen LogP contribution in [0.3, 0.4) is 0 Å². The van der Waals surface area contributed by atoms with Crippen LogP contribution in [0, 0.1) is 0 Å². The van der Waals surface area contributed by atoms with E-state index in [2.05, 4.69) is 11.6 Å². The van der Waals surface area contributed by atoms with Gasteiger partial charge >= 0.3 is 4.87 Å². The summed E-state index contributed by atoms with van der Waals surface area (Å²) in [6.45, 7) is 7.95. The number of nitrogens with one attached hydrogen (secondary N) is 1. The lowest BCUT2D eigenvalue weighted by atomic mass is 10.1. The largest absolute Gasteiger partial charge is 0.496 e. The maximum Gasteiger partial charge on any atom is 0.305 e. The van der Waals surface area contributed by atoms with Crippen LogP contribution in [0.25, 0.3) is 90.7 Å². The molecule has 4 aromatic heterocycles. The monoisotopic (exact) mass is 1920 g/mol. The maximum atomic E-state index is 14.0. The number of thioether (sulfide) groups is 3. The lowest BCUT2D eigenvalue weighted by Crippen LogP contribution is -2.21. The number of Topliss-reactive ketones (excluding diaryl/α,β-unsaturated/α-hetero) is 2. The molecule has 6 heterocycles. The topological polar surface area (TPSA) is 367 Å². The van der Waals surface area contributed by atoms with Crippen LogP contribution in [0.2, 0.25) is 0 Å². The van der Waals surface area contributed by atoms with Crippen LogP contribution in [0.1, 0.15) is 43.4 Å². The zero-order valence-corrected chi connectivity index (χ0v) is 79.5. The Bertz CT molecular complexity index is 7120. The van der Waals surface area contributed by atoms with Crippen molar-refractivity contribution in [2.75, 3.05) is 138 Å². The number of H-pyrrole nitrogens is 1. The molecule has 0 radical (unpaired) electrons. The summed E-state index contributed by atoms with van der Waals surface area (Å²) in [7, 11) is 21.0. The van der Waals surface area contributed by atoms with Crippen molar-refractivity contribution in [3.63, 3.8) is 0 Å². The molecule has 31 nitrogen and oxygen atoms in total. The Morgan fingerprint density at radius 2 is 0.778 bits per heavy atom. The molecule has 0 unspecified atom stereocenters. The number of ether oxygens (including phenoxy) is 19. The van der Waals surface area contributed by atoms with Crippen LogP contribution < -0.4 is 121 Å². The molecule has 702 valence electrons. The molecule has 1 N–H and O–H groups in total. The normalized spacial score (nSPS) is 13.1. The molecule has 0 aliphatic carbocycles. The summed E-state index contributed by atoms with van der Waals surface area (Å²) in [5.41, 5.74) is 5.15. The number of carbonyl (C=O) groups is 4. The van der Waals surface area contributed by atoms with Crippen molar-refractivity contribution in [1.29, 1.82) is 0 Å². The second kappa shape index (κ2) is 44.6. The predicted octanol–water partition coefficient (Wildman–Crippen LogP) is 16.5. The lowest BCUT2D eigenvalue weighted by molar-refractivity contribution is -0.120. The third-order valence-electron chi connectivity index (χ3n) is 21.1. The Balaban J connectivity index is 0.000000172. The number of rotatable bonds is 35. The number of aromatic amines is 1. The predicted molar refractivity (Wildman–Crippen MR) is 516 cm³/mol. The number of allylic oxidation sites excluding steroid dienone is 3. The lowest BCUT2D eigenvalue weighted by Gasteiger charge is -2.17. The number of aromatic nitrogens is 1. The number of ketones is 2. The highest BCUT2D eigenvalue weighted by atomic mass is 32.2. The first-order valence-corrected chi connectivity index (χ1v) is 44.6. The number of hydrogen-bond donors (Lipinski definition) is 1. The van der Waals surface area contributed by atoms with E-state index in [1.165, 1.54) is 92.4 Å². The Hall–Kier alpha value is -14.8. The van der Waals surface area contributed by atoms with Crippen LogP contribution in [-0.4, -0.2) is 165 Å². The fourth-order valence-corrected chi connectivity index (χ4v) is 17.7. The molecule has 0 saturated carbocycles. The molecule has 0 amide bonds. The highest BCUT2D eigenvalue weighted by Gasteiger charge is 2.32. The van der Waals surface area contributed by atoms with Crippen molar-refractivity contribution in [2.24, 2.45) is 0 Å². The fourth-order valence-electron chi connectivity index (χ4n) is 14.4. The Morgan fingerprint density at radius 1 is 0.378 bits per heavy atom. The van der Waals surface area contributed by atoms with Gasteiger partial charge in [0.2, 0.25) is 49.5 Å². The van der Waals surface area contributed by atoms with Gasteiger partial charge in [-0.2, -0.15) is 0 Å². The zero-order chi connectivity index (χ0) is 96.4. The van der Waals surface area contributed by atoms with E-state index in [1.54, 1.807) is 128 Å². The minimum Gasteiger partial charge on any atom is -0.496 e. The van der Waals surface area contributed by atoms with Gasteiger partial charge in [-0.15, -0.1) is 11.8 Å². The average molecular weight is 1920 g/mol. The summed E-state index contributed by atoms with van der Waals surface area (Å²) >= 11 is 4.58. The standard InChI is InChI=1S/C34H32O12S.C33H31NO9S.C33H30O9S2/c1-38-20-15-24(41-4)30-25(16-20)46-32(19-7-8-22(39-2)23(14-19)40-3)34(31(30)37)45-10-9-44-33-26(42-5)11-18(12-27(33)43-6)13-28-21(35)17-29(36)47-28;1-18(32-19(2)34-33(36)44-32)20-8-7-9-22(14-20)41-12-13-42-31-29(35)28-26(40-6)16-23(37-3)17-27(28)43-30(31)21-10-11-24(38-4)25(15-21)39-5;1-18(33-23(34)17-28(35)44-33)19-6-9-22(10-7-19)43-13-12-41-32-30(36)29-26(40-5)15-21(37-2)16-27(29)42-31(32)20-8-11-24(38-3)25(14-20)39-4/h7-8,11-16H,9-10,17H2,1-6H3;7-11,14-17H,2,12-13H2,1,3-6H3,(H,34,36);6-11,14-16H,12-13,17H2,1-5H3/b28-13-;32-18-;33-18-. The van der Waals surface area contributed by atoms with Crippen LogP contribution in [0.15, 0.2) is 199 Å². The van der Waals surface area contributed by atoms with Crippen LogP contribution >= 0.6 is 46.6 Å². The third kappa shape index (κ3) is 21.9. The number of carbonyl (C=O) groups excluding carboxylic acids is 4. The van der Waals surface area contributed by atoms with E-state index in [9.17, 15) is 38.4 Å². The molecular weight excluding hydrogens is 1820 g/mol. The summed E-state index contributed by atoms with van der Waals surface area (Å²) in [6.07, 6.45) is 1.43. The van der Waals surface area contributed by atoms with Gasteiger partial charge in [0.1, 0.15) is 99.6 Å². The van der Waals surface area contributed by atoms with Gasteiger partial charge in [-0.1, -0.05) is 42.2 Å². The minimum atomic E-state index is -0.471. The van der Waals surface area contributed by atoms with Gasteiger partial charge in [-0.3, -0.25) is 38.4 Å². The molecule has 9 aromatic carbocycles. The van der Waals surface area contributed by atoms with Gasteiger partial charge in [0.05, 0.1) is 139 Å². The van der Waals surface area contributed by atoms with Crippen LogP contribution in [0.5, 0.6) is 109 Å². The van der Waals surface area contributed by atoms with Gasteiger partial charge in [0.25, 0.3) is 0 Å². The van der Waals surface area contributed by atoms with Crippen molar-refractivity contribution in [2.45, 2.75) is 31.6 Å². The van der Waals surface area contributed by atoms with E-state index in [0.29, 0.717) is 118 Å². The summed E-state index contributed by atoms with van der Waals surface area (Å²) in [4.78, 5) is 105. The molecule has 15 rings (SSSR count). The van der Waals surface area contributed by atoms with E-state index < -0.39 is 10.9 Å².